The van der Waals surface area contributed by atoms with Crippen LogP contribution in [0, 0.1) is 20.8 Å². The highest BCUT2D eigenvalue weighted by Crippen LogP contribution is 2.28. The van der Waals surface area contributed by atoms with Crippen LogP contribution in [0.1, 0.15) is 55.2 Å². The molecule has 1 amide bonds. The highest BCUT2D eigenvalue weighted by molar-refractivity contribution is 7.92. The summed E-state index contributed by atoms with van der Waals surface area (Å²) in [6.45, 7) is 6.50. The largest absolute Gasteiger partial charge is 0.378 e. The zero-order chi connectivity index (χ0) is 23.8. The summed E-state index contributed by atoms with van der Waals surface area (Å²) >= 11 is 0. The zero-order valence-corrected chi connectivity index (χ0v) is 20.8. The summed E-state index contributed by atoms with van der Waals surface area (Å²) in [4.78, 5) is 12.9. The van der Waals surface area contributed by atoms with E-state index in [9.17, 15) is 13.2 Å². The predicted molar refractivity (Wildman–Crippen MR) is 132 cm³/mol. The van der Waals surface area contributed by atoms with Crippen LogP contribution in [0.3, 0.4) is 0 Å². The Hall–Kier alpha value is -2.38. The lowest BCUT2D eigenvalue weighted by molar-refractivity contribution is -0.119. The van der Waals surface area contributed by atoms with Gasteiger partial charge in [0.05, 0.1) is 16.7 Å². The standard InChI is InChI=1S/C26H36N2O4S/c1-20-13-15-24(16-14-20)33(30,31)28(25-12-7-9-21(2)22(25)3)19-26(29)27-17-8-18-32-23-10-5-4-6-11-23/h7,9,12-16,23H,4-6,8,10-11,17-19H2,1-3H3,(H,27,29). The van der Waals surface area contributed by atoms with E-state index in [1.807, 2.05) is 32.9 Å². The smallest absolute Gasteiger partial charge is 0.264 e. The third kappa shape index (κ3) is 6.81. The predicted octanol–water partition coefficient (Wildman–Crippen LogP) is 4.66. The van der Waals surface area contributed by atoms with Crippen molar-refractivity contribution in [2.24, 2.45) is 0 Å². The molecule has 1 saturated carbocycles. The average Bonchev–Trinajstić information content (AvgIpc) is 2.80. The SMILES string of the molecule is Cc1ccc(S(=O)(=O)N(CC(=O)NCCCOC2CCCCC2)c2cccc(C)c2C)cc1. The molecule has 1 aliphatic rings. The number of nitrogens with zero attached hydrogens (tertiary/aromatic N) is 1. The highest BCUT2D eigenvalue weighted by Gasteiger charge is 2.28. The average molecular weight is 473 g/mol. The van der Waals surface area contributed by atoms with Crippen LogP contribution in [0.2, 0.25) is 0 Å². The maximum absolute atomic E-state index is 13.5. The molecule has 33 heavy (non-hydrogen) atoms. The number of rotatable bonds is 10. The second-order valence-electron chi connectivity index (χ2n) is 8.88. The lowest BCUT2D eigenvalue weighted by Gasteiger charge is -2.26. The van der Waals surface area contributed by atoms with Crippen molar-refractivity contribution < 1.29 is 17.9 Å². The Morgan fingerprint density at radius 1 is 1.03 bits per heavy atom. The first kappa shape index (κ1) is 25.2. The van der Waals surface area contributed by atoms with Gasteiger partial charge in [-0.05, 0) is 69.4 Å². The third-order valence-electron chi connectivity index (χ3n) is 6.29. The molecular weight excluding hydrogens is 436 g/mol. The van der Waals surface area contributed by atoms with Gasteiger partial charge in [-0.3, -0.25) is 9.10 Å². The highest BCUT2D eigenvalue weighted by atomic mass is 32.2. The van der Waals surface area contributed by atoms with Crippen LogP contribution in [0.4, 0.5) is 5.69 Å². The van der Waals surface area contributed by atoms with Crippen molar-refractivity contribution >= 4 is 21.6 Å². The van der Waals surface area contributed by atoms with E-state index in [1.54, 1.807) is 30.3 Å². The lowest BCUT2D eigenvalue weighted by Crippen LogP contribution is -2.41. The topological polar surface area (TPSA) is 75.7 Å². The molecule has 3 rings (SSSR count). The Bertz CT molecular complexity index is 1030. The van der Waals surface area contributed by atoms with Gasteiger partial charge in [0.25, 0.3) is 10.0 Å². The van der Waals surface area contributed by atoms with Crippen LogP contribution in [0.25, 0.3) is 0 Å². The van der Waals surface area contributed by atoms with Crippen molar-refractivity contribution in [3.8, 4) is 0 Å². The molecule has 7 heteroatoms. The molecule has 0 radical (unpaired) electrons. The van der Waals surface area contributed by atoms with Gasteiger partial charge >= 0.3 is 0 Å². The molecule has 0 saturated heterocycles. The summed E-state index contributed by atoms with van der Waals surface area (Å²) in [6.07, 6.45) is 7.03. The summed E-state index contributed by atoms with van der Waals surface area (Å²) < 4.78 is 34.2. The molecule has 0 unspecified atom stereocenters. The zero-order valence-electron chi connectivity index (χ0n) is 20.0. The number of hydrogen-bond acceptors (Lipinski definition) is 4. The van der Waals surface area contributed by atoms with Gasteiger partial charge in [0, 0.05) is 13.2 Å². The van der Waals surface area contributed by atoms with Crippen LogP contribution >= 0.6 is 0 Å². The number of benzene rings is 2. The van der Waals surface area contributed by atoms with Gasteiger partial charge in [0.2, 0.25) is 5.91 Å². The number of anilines is 1. The fraction of sp³-hybridized carbons (Fsp3) is 0.500. The minimum atomic E-state index is -3.91. The van der Waals surface area contributed by atoms with Crippen molar-refractivity contribution in [2.75, 3.05) is 24.0 Å². The van der Waals surface area contributed by atoms with Crippen molar-refractivity contribution in [2.45, 2.75) is 70.3 Å². The first-order chi connectivity index (χ1) is 15.8. The molecule has 0 aromatic heterocycles. The third-order valence-corrected chi connectivity index (χ3v) is 8.06. The van der Waals surface area contributed by atoms with E-state index >= 15 is 0 Å². The van der Waals surface area contributed by atoms with Gasteiger partial charge in [-0.25, -0.2) is 8.42 Å². The molecule has 0 atom stereocenters. The van der Waals surface area contributed by atoms with Crippen molar-refractivity contribution in [3.63, 3.8) is 0 Å². The maximum atomic E-state index is 13.5. The van der Waals surface area contributed by atoms with Gasteiger partial charge in [0.1, 0.15) is 6.54 Å². The van der Waals surface area contributed by atoms with Gasteiger partial charge in [-0.15, -0.1) is 0 Å². The van der Waals surface area contributed by atoms with Crippen LogP contribution in [-0.4, -0.2) is 40.1 Å². The van der Waals surface area contributed by atoms with E-state index in [0.717, 1.165) is 29.5 Å². The van der Waals surface area contributed by atoms with Crippen LogP contribution in [0.5, 0.6) is 0 Å². The summed E-state index contributed by atoms with van der Waals surface area (Å²) in [5.74, 6) is -0.329. The number of aryl methyl sites for hydroxylation is 2. The number of carbonyl (C=O) groups excluding carboxylic acids is 1. The minimum absolute atomic E-state index is 0.169. The second-order valence-corrected chi connectivity index (χ2v) is 10.7. The number of hydrogen-bond donors (Lipinski definition) is 1. The Balaban J connectivity index is 1.67. The van der Waals surface area contributed by atoms with E-state index in [4.69, 9.17) is 4.74 Å². The Morgan fingerprint density at radius 2 is 1.73 bits per heavy atom. The number of ether oxygens (including phenoxy) is 1. The Kier molecular flexibility index (Phi) is 8.92. The molecule has 0 heterocycles. The minimum Gasteiger partial charge on any atom is -0.378 e. The fourth-order valence-corrected chi connectivity index (χ4v) is 5.59. The fourth-order valence-electron chi connectivity index (χ4n) is 4.11. The first-order valence-electron chi connectivity index (χ1n) is 11.8. The monoisotopic (exact) mass is 472 g/mol. The molecule has 6 nitrogen and oxygen atoms in total. The van der Waals surface area contributed by atoms with Gasteiger partial charge in [-0.2, -0.15) is 0 Å². The van der Waals surface area contributed by atoms with Gasteiger partial charge < -0.3 is 10.1 Å². The molecule has 2 aromatic carbocycles. The molecule has 1 N–H and O–H groups in total. The lowest BCUT2D eigenvalue weighted by atomic mass is 9.98. The Morgan fingerprint density at radius 3 is 2.42 bits per heavy atom. The van der Waals surface area contributed by atoms with E-state index in [0.29, 0.717) is 31.4 Å². The normalized spacial score (nSPS) is 14.8. The number of nitrogens with one attached hydrogen (secondary N) is 1. The molecular formula is C26H36N2O4S. The van der Waals surface area contributed by atoms with E-state index in [2.05, 4.69) is 5.32 Å². The Labute approximate surface area is 198 Å². The summed E-state index contributed by atoms with van der Waals surface area (Å²) in [7, 11) is -3.91. The summed E-state index contributed by atoms with van der Waals surface area (Å²) in [5, 5.41) is 2.86. The van der Waals surface area contributed by atoms with Gasteiger partial charge in [0.15, 0.2) is 0 Å². The van der Waals surface area contributed by atoms with Crippen LogP contribution in [0.15, 0.2) is 47.4 Å². The van der Waals surface area contributed by atoms with Crippen molar-refractivity contribution in [1.82, 2.24) is 5.32 Å². The van der Waals surface area contributed by atoms with Gasteiger partial charge in [-0.1, -0.05) is 49.1 Å². The molecule has 0 bridgehead atoms. The number of carbonyl (C=O) groups is 1. The number of sulfonamides is 1. The summed E-state index contributed by atoms with van der Waals surface area (Å²) in [5.41, 5.74) is 3.30. The van der Waals surface area contributed by atoms with Crippen molar-refractivity contribution in [1.29, 1.82) is 0 Å². The molecule has 2 aromatic rings. The number of amides is 1. The first-order valence-corrected chi connectivity index (χ1v) is 13.3. The molecule has 1 fully saturated rings. The quantitative estimate of drug-likeness (QED) is 0.510. The summed E-state index contributed by atoms with van der Waals surface area (Å²) in [6, 6.07) is 12.2. The van der Waals surface area contributed by atoms with Crippen LogP contribution in [-0.2, 0) is 19.6 Å². The molecule has 0 aliphatic heterocycles. The molecule has 180 valence electrons. The van der Waals surface area contributed by atoms with Crippen LogP contribution < -0.4 is 9.62 Å². The van der Waals surface area contributed by atoms with E-state index in [1.165, 1.54) is 23.6 Å². The van der Waals surface area contributed by atoms with E-state index in [-0.39, 0.29) is 17.3 Å². The van der Waals surface area contributed by atoms with Crippen molar-refractivity contribution in [3.05, 3.63) is 59.2 Å². The second kappa shape index (κ2) is 11.7. The molecule has 1 aliphatic carbocycles. The van der Waals surface area contributed by atoms with E-state index < -0.39 is 10.0 Å². The maximum Gasteiger partial charge on any atom is 0.264 e. The molecule has 0 spiro atoms.